The van der Waals surface area contributed by atoms with Crippen LogP contribution in [0.3, 0.4) is 0 Å². The lowest BCUT2D eigenvalue weighted by molar-refractivity contribution is 0.122. The zero-order valence-corrected chi connectivity index (χ0v) is 16.7. The van der Waals surface area contributed by atoms with Gasteiger partial charge in [-0.3, -0.25) is 5.43 Å². The number of benzene rings is 1. The molecule has 0 bridgehead atoms. The highest BCUT2D eigenvalue weighted by Crippen LogP contribution is 2.17. The third kappa shape index (κ3) is 5.64. The molecular formula is C20H28N6O2. The Morgan fingerprint density at radius 3 is 2.75 bits per heavy atom. The maximum Gasteiger partial charge on any atom is 0.229 e. The Labute approximate surface area is 166 Å². The normalized spacial score (nSPS) is 14.5. The van der Waals surface area contributed by atoms with Gasteiger partial charge in [0.1, 0.15) is 6.61 Å². The highest BCUT2D eigenvalue weighted by Gasteiger charge is 2.16. The number of hydrogen-bond acceptors (Lipinski definition) is 8. The maximum absolute atomic E-state index is 5.76. The third-order valence-electron chi connectivity index (χ3n) is 4.50. The molecular weight excluding hydrogens is 356 g/mol. The van der Waals surface area contributed by atoms with Crippen molar-refractivity contribution in [2.45, 2.75) is 13.8 Å². The van der Waals surface area contributed by atoms with Crippen molar-refractivity contribution < 1.29 is 9.47 Å². The first-order chi connectivity index (χ1) is 13.7. The Balaban J connectivity index is 1.75. The first kappa shape index (κ1) is 20.0. The van der Waals surface area contributed by atoms with E-state index in [9.17, 15) is 0 Å². The molecule has 8 heteroatoms. The van der Waals surface area contributed by atoms with Gasteiger partial charge in [-0.2, -0.15) is 10.1 Å². The van der Waals surface area contributed by atoms with Crippen molar-refractivity contribution in [3.05, 3.63) is 41.1 Å². The number of nitrogens with zero attached hydrogens (tertiary/aromatic N) is 4. The summed E-state index contributed by atoms with van der Waals surface area (Å²) in [6.45, 7) is 8.32. The van der Waals surface area contributed by atoms with E-state index in [4.69, 9.17) is 9.47 Å². The van der Waals surface area contributed by atoms with Crippen LogP contribution in [0.2, 0.25) is 0 Å². The second-order valence-corrected chi connectivity index (χ2v) is 6.65. The van der Waals surface area contributed by atoms with E-state index in [1.807, 2.05) is 13.1 Å². The summed E-state index contributed by atoms with van der Waals surface area (Å²) in [6.07, 6.45) is 1.69. The minimum absolute atomic E-state index is 0.535. The van der Waals surface area contributed by atoms with E-state index in [1.165, 1.54) is 11.1 Å². The van der Waals surface area contributed by atoms with Crippen LogP contribution in [0.25, 0.3) is 0 Å². The average molecular weight is 384 g/mol. The number of anilines is 2. The van der Waals surface area contributed by atoms with E-state index in [0.717, 1.165) is 25.3 Å². The highest BCUT2D eigenvalue weighted by molar-refractivity contribution is 5.78. The molecule has 2 heterocycles. The monoisotopic (exact) mass is 384 g/mol. The number of hydrazone groups is 1. The summed E-state index contributed by atoms with van der Waals surface area (Å²) in [4.78, 5) is 11.3. The van der Waals surface area contributed by atoms with Gasteiger partial charge >= 0.3 is 0 Å². The van der Waals surface area contributed by atoms with Gasteiger partial charge < -0.3 is 19.7 Å². The van der Waals surface area contributed by atoms with Crippen molar-refractivity contribution >= 4 is 17.9 Å². The summed E-state index contributed by atoms with van der Waals surface area (Å²) < 4.78 is 11.2. The molecule has 0 atom stereocenters. The number of likely N-dealkylation sites (N-methyl/N-ethyl adjacent to an activating group) is 1. The molecule has 1 aliphatic rings. The summed E-state index contributed by atoms with van der Waals surface area (Å²) >= 11 is 0. The first-order valence-corrected chi connectivity index (χ1v) is 9.51. The predicted octanol–water partition coefficient (Wildman–Crippen LogP) is 1.97. The standard InChI is InChI=1S/C20H28N6O2/c1-15-4-5-17(12-16(15)2)25-22-14-18-13-19(28-9-6-21-3)24-20(23-18)26-7-10-27-11-8-26/h4-5,12-14,21,25H,6-11H2,1-3H3/b22-14+. The van der Waals surface area contributed by atoms with Gasteiger partial charge in [0.15, 0.2) is 0 Å². The molecule has 0 radical (unpaired) electrons. The topological polar surface area (TPSA) is 83.9 Å². The summed E-state index contributed by atoms with van der Waals surface area (Å²) in [5.74, 6) is 1.18. The van der Waals surface area contributed by atoms with E-state index in [0.29, 0.717) is 37.3 Å². The van der Waals surface area contributed by atoms with E-state index in [1.54, 1.807) is 12.3 Å². The van der Waals surface area contributed by atoms with Gasteiger partial charge in [0.05, 0.1) is 30.8 Å². The lowest BCUT2D eigenvalue weighted by Crippen LogP contribution is -2.37. The third-order valence-corrected chi connectivity index (χ3v) is 4.50. The smallest absolute Gasteiger partial charge is 0.229 e. The highest BCUT2D eigenvalue weighted by atomic mass is 16.5. The van der Waals surface area contributed by atoms with Crippen molar-refractivity contribution in [1.29, 1.82) is 0 Å². The van der Waals surface area contributed by atoms with Crippen molar-refractivity contribution in [3.63, 3.8) is 0 Å². The van der Waals surface area contributed by atoms with Crippen LogP contribution in [0.1, 0.15) is 16.8 Å². The number of morpholine rings is 1. The van der Waals surface area contributed by atoms with Gasteiger partial charge in [-0.15, -0.1) is 0 Å². The largest absolute Gasteiger partial charge is 0.476 e. The molecule has 0 saturated carbocycles. The van der Waals surface area contributed by atoms with E-state index < -0.39 is 0 Å². The van der Waals surface area contributed by atoms with Crippen molar-refractivity contribution in [2.24, 2.45) is 5.10 Å². The average Bonchev–Trinajstić information content (AvgIpc) is 2.71. The zero-order chi connectivity index (χ0) is 19.8. The predicted molar refractivity (Wildman–Crippen MR) is 112 cm³/mol. The molecule has 1 aromatic heterocycles. The van der Waals surface area contributed by atoms with Gasteiger partial charge in [-0.1, -0.05) is 6.07 Å². The number of nitrogens with one attached hydrogen (secondary N) is 2. The van der Waals surface area contributed by atoms with Crippen LogP contribution in [-0.2, 0) is 4.74 Å². The molecule has 1 fully saturated rings. The Kier molecular flexibility index (Phi) is 7.16. The summed E-state index contributed by atoms with van der Waals surface area (Å²) in [5, 5.41) is 7.39. The van der Waals surface area contributed by atoms with Crippen LogP contribution in [-0.4, -0.2) is 62.7 Å². The zero-order valence-electron chi connectivity index (χ0n) is 16.7. The number of hydrogen-bond donors (Lipinski definition) is 2. The second kappa shape index (κ2) is 10.0. The molecule has 2 aromatic rings. The summed E-state index contributed by atoms with van der Waals surface area (Å²) in [7, 11) is 1.89. The number of aromatic nitrogens is 2. The molecule has 8 nitrogen and oxygen atoms in total. The van der Waals surface area contributed by atoms with Gasteiger partial charge in [-0.05, 0) is 44.2 Å². The summed E-state index contributed by atoms with van der Waals surface area (Å²) in [6, 6.07) is 7.94. The fourth-order valence-electron chi connectivity index (χ4n) is 2.72. The lowest BCUT2D eigenvalue weighted by Gasteiger charge is -2.27. The van der Waals surface area contributed by atoms with Crippen LogP contribution < -0.4 is 20.4 Å². The molecule has 3 rings (SSSR count). The fourth-order valence-corrected chi connectivity index (χ4v) is 2.72. The Hall–Kier alpha value is -2.71. The van der Waals surface area contributed by atoms with Crippen molar-refractivity contribution in [3.8, 4) is 5.88 Å². The minimum atomic E-state index is 0.535. The first-order valence-electron chi connectivity index (χ1n) is 9.51. The summed E-state index contributed by atoms with van der Waals surface area (Å²) in [5.41, 5.74) is 7.15. The fraction of sp³-hybridized carbons (Fsp3) is 0.450. The molecule has 1 saturated heterocycles. The number of rotatable bonds is 8. The molecule has 0 spiro atoms. The molecule has 2 N–H and O–H groups in total. The van der Waals surface area contributed by atoms with Crippen LogP contribution >= 0.6 is 0 Å². The van der Waals surface area contributed by atoms with Crippen LogP contribution in [0.5, 0.6) is 5.88 Å². The molecule has 28 heavy (non-hydrogen) atoms. The van der Waals surface area contributed by atoms with E-state index >= 15 is 0 Å². The molecule has 150 valence electrons. The Morgan fingerprint density at radius 1 is 1.18 bits per heavy atom. The number of ether oxygens (including phenoxy) is 2. The van der Waals surface area contributed by atoms with Crippen molar-refractivity contribution in [1.82, 2.24) is 15.3 Å². The van der Waals surface area contributed by atoms with Crippen LogP contribution in [0.4, 0.5) is 11.6 Å². The Bertz CT molecular complexity index is 805. The maximum atomic E-state index is 5.76. The number of aryl methyl sites for hydroxylation is 2. The Morgan fingerprint density at radius 2 is 2.00 bits per heavy atom. The van der Waals surface area contributed by atoms with Gasteiger partial charge in [-0.25, -0.2) is 4.98 Å². The molecule has 0 unspecified atom stereocenters. The molecule has 0 amide bonds. The van der Waals surface area contributed by atoms with Gasteiger partial charge in [0.25, 0.3) is 0 Å². The van der Waals surface area contributed by atoms with Gasteiger partial charge in [0, 0.05) is 25.7 Å². The second-order valence-electron chi connectivity index (χ2n) is 6.65. The van der Waals surface area contributed by atoms with Crippen LogP contribution in [0, 0.1) is 13.8 Å². The van der Waals surface area contributed by atoms with E-state index in [2.05, 4.69) is 56.7 Å². The van der Waals surface area contributed by atoms with Crippen LogP contribution in [0.15, 0.2) is 29.4 Å². The lowest BCUT2D eigenvalue weighted by atomic mass is 10.1. The SMILES string of the molecule is CNCCOc1cc(/C=N/Nc2ccc(C)c(C)c2)nc(N2CCOCC2)n1. The van der Waals surface area contributed by atoms with E-state index in [-0.39, 0.29) is 0 Å². The minimum Gasteiger partial charge on any atom is -0.476 e. The molecule has 1 aliphatic heterocycles. The van der Waals surface area contributed by atoms with Crippen molar-refractivity contribution in [2.75, 3.05) is 56.8 Å². The molecule has 1 aromatic carbocycles. The van der Waals surface area contributed by atoms with Gasteiger partial charge in [0.2, 0.25) is 11.8 Å². The quantitative estimate of drug-likeness (QED) is 0.409. The molecule has 0 aliphatic carbocycles.